The van der Waals surface area contributed by atoms with Crippen molar-refractivity contribution in [1.29, 1.82) is 0 Å². The predicted molar refractivity (Wildman–Crippen MR) is 49.1 cm³/mol. The molecule has 0 atom stereocenters. The van der Waals surface area contributed by atoms with Crippen LogP contribution in [0.15, 0.2) is 34.0 Å². The zero-order valence-electron chi connectivity index (χ0n) is 5.52. The van der Waals surface area contributed by atoms with E-state index in [2.05, 4.69) is 15.9 Å². The Morgan fingerprint density at radius 3 is 2.36 bits per heavy atom. The van der Waals surface area contributed by atoms with Crippen molar-refractivity contribution in [3.8, 4) is 0 Å². The minimum absolute atomic E-state index is 0.702. The van der Waals surface area contributed by atoms with Gasteiger partial charge in [-0.25, -0.2) is 0 Å². The molecular weight excluding hydrogens is 230 g/mol. The van der Waals surface area contributed by atoms with Crippen molar-refractivity contribution in [2.24, 2.45) is 0 Å². The van der Waals surface area contributed by atoms with E-state index in [0.29, 0.717) is 0 Å². The monoisotopic (exact) mass is 234 g/mol. The molecule has 11 heavy (non-hydrogen) atoms. The molecule has 0 nitrogen and oxygen atoms in total. The van der Waals surface area contributed by atoms with Crippen molar-refractivity contribution in [2.75, 3.05) is 0 Å². The average Bonchev–Trinajstić information content (AvgIpc) is 1.93. The summed E-state index contributed by atoms with van der Waals surface area (Å²) in [6.07, 6.45) is 1.26. The fourth-order valence-electron chi connectivity index (χ4n) is 0.685. The molecule has 0 bridgehead atoms. The lowest BCUT2D eigenvalue weighted by Crippen LogP contribution is -1.70. The molecule has 1 aromatic rings. The van der Waals surface area contributed by atoms with E-state index in [9.17, 15) is 4.39 Å². The zero-order chi connectivity index (χ0) is 8.27. The molecule has 0 unspecified atom stereocenters. The normalized spacial score (nSPS) is 11.7. The Labute approximate surface area is 77.8 Å². The first-order chi connectivity index (χ1) is 5.18. The summed E-state index contributed by atoms with van der Waals surface area (Å²) >= 11 is 8.30. The molecule has 0 heterocycles. The molecule has 0 saturated heterocycles. The molecule has 1 rings (SSSR count). The molecule has 0 amide bonds. The second kappa shape index (κ2) is 3.88. The lowest BCUT2D eigenvalue weighted by Gasteiger charge is -1.91. The fourth-order valence-corrected chi connectivity index (χ4v) is 1.08. The van der Waals surface area contributed by atoms with Crippen LogP contribution in [0.3, 0.4) is 0 Å². The van der Waals surface area contributed by atoms with Crippen molar-refractivity contribution >= 4 is 33.6 Å². The van der Waals surface area contributed by atoms with Crippen molar-refractivity contribution in [1.82, 2.24) is 0 Å². The second-order valence-corrected chi connectivity index (χ2v) is 3.26. The smallest absolute Gasteiger partial charge is 0.189 e. The van der Waals surface area contributed by atoms with Gasteiger partial charge in [-0.2, -0.15) is 4.39 Å². The summed E-state index contributed by atoms with van der Waals surface area (Å²) in [5, 5.41) is -0.702. The Balaban J connectivity index is 2.91. The van der Waals surface area contributed by atoms with Crippen LogP contribution in [0.25, 0.3) is 6.08 Å². The quantitative estimate of drug-likeness (QED) is 0.691. The predicted octanol–water partition coefficient (Wildman–Crippen LogP) is 3.96. The van der Waals surface area contributed by atoms with Gasteiger partial charge in [0.15, 0.2) is 5.29 Å². The number of benzene rings is 1. The SMILES string of the molecule is F/C(Cl)=C\c1ccc(Br)cc1. The van der Waals surface area contributed by atoms with Crippen LogP contribution in [0.5, 0.6) is 0 Å². The Bertz CT molecular complexity index is 262. The van der Waals surface area contributed by atoms with Gasteiger partial charge in [-0.05, 0) is 23.8 Å². The number of hydrogen-bond acceptors (Lipinski definition) is 0. The average molecular weight is 235 g/mol. The third-order valence-electron chi connectivity index (χ3n) is 1.15. The summed E-state index contributed by atoms with van der Waals surface area (Å²) in [5.74, 6) is 0. The van der Waals surface area contributed by atoms with E-state index >= 15 is 0 Å². The number of halogens is 3. The molecule has 0 spiro atoms. The second-order valence-electron chi connectivity index (χ2n) is 1.99. The minimum atomic E-state index is -0.702. The van der Waals surface area contributed by atoms with Gasteiger partial charge in [0, 0.05) is 4.47 Å². The molecule has 58 valence electrons. The maximum atomic E-state index is 12.1. The number of hydrogen-bond donors (Lipinski definition) is 0. The molecule has 0 radical (unpaired) electrons. The van der Waals surface area contributed by atoms with E-state index < -0.39 is 5.29 Å². The van der Waals surface area contributed by atoms with Gasteiger partial charge in [0.05, 0.1) is 0 Å². The Morgan fingerprint density at radius 1 is 1.36 bits per heavy atom. The summed E-state index contributed by atoms with van der Waals surface area (Å²) in [6, 6.07) is 7.19. The van der Waals surface area contributed by atoms with Crippen molar-refractivity contribution in [2.45, 2.75) is 0 Å². The highest BCUT2D eigenvalue weighted by Crippen LogP contribution is 2.14. The summed E-state index contributed by atoms with van der Waals surface area (Å²) < 4.78 is 13.1. The molecule has 3 heteroatoms. The highest BCUT2D eigenvalue weighted by molar-refractivity contribution is 9.10. The molecule has 0 fully saturated rings. The summed E-state index contributed by atoms with van der Waals surface area (Å²) in [6.45, 7) is 0. The summed E-state index contributed by atoms with van der Waals surface area (Å²) in [5.41, 5.74) is 0.751. The summed E-state index contributed by atoms with van der Waals surface area (Å²) in [4.78, 5) is 0. The largest absolute Gasteiger partial charge is 0.194 e. The van der Waals surface area contributed by atoms with Crippen LogP contribution < -0.4 is 0 Å². The van der Waals surface area contributed by atoms with Gasteiger partial charge in [0.1, 0.15) is 0 Å². The van der Waals surface area contributed by atoms with Gasteiger partial charge in [-0.3, -0.25) is 0 Å². The lowest BCUT2D eigenvalue weighted by atomic mass is 10.2. The molecule has 0 aliphatic heterocycles. The van der Waals surface area contributed by atoms with E-state index in [0.717, 1.165) is 10.0 Å². The van der Waals surface area contributed by atoms with Crippen molar-refractivity contribution in [3.05, 3.63) is 39.6 Å². The Hall–Kier alpha value is -0.340. The Morgan fingerprint density at radius 2 is 1.91 bits per heavy atom. The molecule has 0 aliphatic rings. The minimum Gasteiger partial charge on any atom is -0.194 e. The van der Waals surface area contributed by atoms with E-state index in [1.807, 2.05) is 12.1 Å². The van der Waals surface area contributed by atoms with Crippen LogP contribution in [0.4, 0.5) is 4.39 Å². The zero-order valence-corrected chi connectivity index (χ0v) is 7.86. The van der Waals surface area contributed by atoms with Crippen LogP contribution in [-0.4, -0.2) is 0 Å². The van der Waals surface area contributed by atoms with E-state index in [1.54, 1.807) is 12.1 Å². The lowest BCUT2D eigenvalue weighted by molar-refractivity contribution is 0.702. The fraction of sp³-hybridized carbons (Fsp3) is 0. The highest BCUT2D eigenvalue weighted by Gasteiger charge is 1.90. The van der Waals surface area contributed by atoms with Crippen LogP contribution >= 0.6 is 27.5 Å². The van der Waals surface area contributed by atoms with Crippen LogP contribution in [-0.2, 0) is 0 Å². The van der Waals surface area contributed by atoms with Crippen LogP contribution in [0.2, 0.25) is 0 Å². The van der Waals surface area contributed by atoms with Crippen molar-refractivity contribution in [3.63, 3.8) is 0 Å². The standard InChI is InChI=1S/C8H5BrClF/c9-7-3-1-6(2-4-7)5-8(10)11/h1-5H/b8-5-. The highest BCUT2D eigenvalue weighted by atomic mass is 79.9. The van der Waals surface area contributed by atoms with Gasteiger partial charge in [-0.1, -0.05) is 39.7 Å². The molecular formula is C8H5BrClF. The third kappa shape index (κ3) is 3.04. The molecule has 0 N–H and O–H groups in total. The first-order valence-electron chi connectivity index (χ1n) is 2.97. The maximum absolute atomic E-state index is 12.1. The van der Waals surface area contributed by atoms with Crippen LogP contribution in [0, 0.1) is 0 Å². The molecule has 0 aliphatic carbocycles. The van der Waals surface area contributed by atoms with Gasteiger partial charge in [0.25, 0.3) is 0 Å². The summed E-state index contributed by atoms with van der Waals surface area (Å²) in [7, 11) is 0. The Kier molecular flexibility index (Phi) is 3.09. The third-order valence-corrected chi connectivity index (χ3v) is 1.78. The number of rotatable bonds is 1. The maximum Gasteiger partial charge on any atom is 0.189 e. The van der Waals surface area contributed by atoms with E-state index in [-0.39, 0.29) is 0 Å². The van der Waals surface area contributed by atoms with Gasteiger partial charge >= 0.3 is 0 Å². The van der Waals surface area contributed by atoms with Crippen molar-refractivity contribution < 1.29 is 4.39 Å². The first-order valence-corrected chi connectivity index (χ1v) is 4.14. The molecule has 1 aromatic carbocycles. The molecule has 0 saturated carbocycles. The van der Waals surface area contributed by atoms with E-state index in [1.165, 1.54) is 6.08 Å². The van der Waals surface area contributed by atoms with Gasteiger partial charge in [-0.15, -0.1) is 0 Å². The topological polar surface area (TPSA) is 0 Å². The van der Waals surface area contributed by atoms with Crippen LogP contribution in [0.1, 0.15) is 5.56 Å². The molecule has 0 aromatic heterocycles. The van der Waals surface area contributed by atoms with Gasteiger partial charge < -0.3 is 0 Å². The van der Waals surface area contributed by atoms with E-state index in [4.69, 9.17) is 11.6 Å². The first kappa shape index (κ1) is 8.75. The van der Waals surface area contributed by atoms with Gasteiger partial charge in [0.2, 0.25) is 0 Å².